The number of aliphatic carboxylic acids is 1. The maximum Gasteiger partial charge on any atom is 0.326 e. The van der Waals surface area contributed by atoms with Crippen LogP contribution in [0.1, 0.15) is 58.3 Å². The summed E-state index contributed by atoms with van der Waals surface area (Å²) in [5.41, 5.74) is 15.7. The second-order valence-corrected chi connectivity index (χ2v) is 11.1. The van der Waals surface area contributed by atoms with E-state index in [2.05, 4.69) is 21.3 Å². The molecule has 0 aromatic heterocycles. The number of primary amides is 2. The monoisotopic (exact) mass is 653 g/mol. The van der Waals surface area contributed by atoms with Gasteiger partial charge in [0, 0.05) is 25.9 Å². The molecule has 2 rings (SSSR count). The van der Waals surface area contributed by atoms with E-state index in [0.717, 1.165) is 0 Å². The van der Waals surface area contributed by atoms with Crippen LogP contribution in [-0.2, 0) is 43.2 Å². The number of hydrogen-bond acceptors (Lipinski definition) is 10. The van der Waals surface area contributed by atoms with Gasteiger partial charge in [-0.25, -0.2) is 4.79 Å². The minimum atomic E-state index is -1.40. The Morgan fingerprint density at radius 3 is 1.85 bits per heavy atom. The summed E-state index contributed by atoms with van der Waals surface area (Å²) in [4.78, 5) is 113. The molecule has 256 valence electrons. The average molecular weight is 654 g/mol. The third-order valence-electron chi connectivity index (χ3n) is 7.67. The maximum atomic E-state index is 13.6. The molecule has 19 heteroatoms. The van der Waals surface area contributed by atoms with Gasteiger partial charge in [0.05, 0.1) is 13.1 Å². The van der Waals surface area contributed by atoms with Crippen LogP contribution in [0.2, 0.25) is 0 Å². The van der Waals surface area contributed by atoms with E-state index in [0.29, 0.717) is 25.8 Å². The normalized spacial score (nSPS) is 19.3. The molecule has 0 spiro atoms. The largest absolute Gasteiger partial charge is 0.480 e. The highest BCUT2D eigenvalue weighted by molar-refractivity contribution is 5.97. The second kappa shape index (κ2) is 17.6. The summed E-state index contributed by atoms with van der Waals surface area (Å²) >= 11 is 0. The van der Waals surface area contributed by atoms with Crippen molar-refractivity contribution < 1.29 is 48.3 Å². The van der Waals surface area contributed by atoms with Crippen LogP contribution in [0.5, 0.6) is 0 Å². The van der Waals surface area contributed by atoms with E-state index in [1.165, 1.54) is 16.7 Å². The van der Waals surface area contributed by atoms with Gasteiger partial charge in [-0.05, 0) is 45.4 Å². The van der Waals surface area contributed by atoms with Gasteiger partial charge in [-0.15, -0.1) is 0 Å². The lowest BCUT2D eigenvalue weighted by molar-refractivity contribution is -0.143. The van der Waals surface area contributed by atoms with Crippen LogP contribution in [0.25, 0.3) is 0 Å². The molecule has 2 aliphatic rings. The molecule has 5 atom stereocenters. The van der Waals surface area contributed by atoms with E-state index in [1.807, 2.05) is 0 Å². The smallest absolute Gasteiger partial charge is 0.326 e. The molecule has 0 bridgehead atoms. The number of rotatable bonds is 17. The molecular weight excluding hydrogens is 610 g/mol. The number of hydrogen-bond donors (Lipinski definition) is 8. The van der Waals surface area contributed by atoms with Crippen LogP contribution in [0.15, 0.2) is 0 Å². The minimum absolute atomic E-state index is 0.144. The number of nitrogens with two attached hydrogens (primary N) is 3. The van der Waals surface area contributed by atoms with E-state index >= 15 is 0 Å². The van der Waals surface area contributed by atoms with Crippen molar-refractivity contribution in [3.05, 3.63) is 0 Å². The second-order valence-electron chi connectivity index (χ2n) is 11.1. The molecule has 8 amide bonds. The van der Waals surface area contributed by atoms with E-state index < -0.39 is 90.0 Å². The molecule has 11 N–H and O–H groups in total. The summed E-state index contributed by atoms with van der Waals surface area (Å²) in [5.74, 6) is -6.81. The van der Waals surface area contributed by atoms with Crippen molar-refractivity contribution in [2.75, 3.05) is 26.2 Å². The Morgan fingerprint density at radius 1 is 0.783 bits per heavy atom. The predicted molar refractivity (Wildman–Crippen MR) is 157 cm³/mol. The molecular formula is C27H43N9O10. The van der Waals surface area contributed by atoms with Crippen LogP contribution < -0.4 is 38.5 Å². The first-order chi connectivity index (χ1) is 21.7. The summed E-state index contributed by atoms with van der Waals surface area (Å²) in [6, 6.07) is -5.64. The van der Waals surface area contributed by atoms with Crippen molar-refractivity contribution in [3.63, 3.8) is 0 Å². The molecule has 0 radical (unpaired) electrons. The average Bonchev–Trinajstić information content (AvgIpc) is 3.69. The van der Waals surface area contributed by atoms with Crippen molar-refractivity contribution >= 4 is 53.2 Å². The fourth-order valence-electron chi connectivity index (χ4n) is 5.26. The third kappa shape index (κ3) is 11.0. The Hall–Kier alpha value is -4.81. The Balaban J connectivity index is 2.00. The van der Waals surface area contributed by atoms with Gasteiger partial charge in [0.1, 0.15) is 30.2 Å². The number of carboxylic acid groups (broad SMARTS) is 1. The Labute approximate surface area is 264 Å². The molecule has 2 saturated heterocycles. The first kappa shape index (κ1) is 37.4. The van der Waals surface area contributed by atoms with E-state index in [9.17, 15) is 48.3 Å². The number of carbonyl (C=O) groups is 9. The Bertz CT molecular complexity index is 1210. The molecule has 2 aliphatic heterocycles. The lowest BCUT2D eigenvalue weighted by Gasteiger charge is -2.31. The number of nitrogens with one attached hydrogen (secondary N) is 4. The summed E-state index contributed by atoms with van der Waals surface area (Å²) in [7, 11) is 0. The van der Waals surface area contributed by atoms with Gasteiger partial charge < -0.3 is 53.4 Å². The van der Waals surface area contributed by atoms with Crippen LogP contribution in [0, 0.1) is 0 Å². The molecule has 46 heavy (non-hydrogen) atoms. The quantitative estimate of drug-likeness (QED) is 0.0736. The molecule has 0 aliphatic carbocycles. The van der Waals surface area contributed by atoms with Gasteiger partial charge in [-0.2, -0.15) is 0 Å². The zero-order chi connectivity index (χ0) is 34.6. The Kier molecular flexibility index (Phi) is 14.3. The van der Waals surface area contributed by atoms with Crippen LogP contribution >= 0.6 is 0 Å². The van der Waals surface area contributed by atoms with Gasteiger partial charge >= 0.3 is 5.97 Å². The van der Waals surface area contributed by atoms with Gasteiger partial charge in [0.15, 0.2) is 0 Å². The standard InChI is InChI=1S/C27H43N9O10/c1-14(23(41)31-13-21(39)33-16(27(45)46)7-9-20(30)38)32-24(42)18-5-3-11-36(18)26(44)15(6-8-19(29)37)34-25(43)17-4-2-10-35(17)22(40)12-28/h14-18H,2-13,28H2,1H3,(H2,29,37)(H2,30,38)(H,31,41)(H,32,42)(H,33,39)(H,34,43)(H,45,46)/t14-,15-,16-,17-,18-/m0/s1. The fraction of sp³-hybridized carbons (Fsp3) is 0.667. The van der Waals surface area contributed by atoms with Gasteiger partial charge in [-0.3, -0.25) is 38.4 Å². The van der Waals surface area contributed by atoms with Crippen LogP contribution in [-0.4, -0.2) is 125 Å². The number of nitrogens with zero attached hydrogens (tertiary/aromatic N) is 2. The summed E-state index contributed by atoms with van der Waals surface area (Å²) < 4.78 is 0. The molecule has 0 aromatic rings. The van der Waals surface area contributed by atoms with Crippen molar-refractivity contribution in [2.45, 2.75) is 88.5 Å². The van der Waals surface area contributed by atoms with E-state index in [1.54, 1.807) is 0 Å². The number of amides is 8. The minimum Gasteiger partial charge on any atom is -0.480 e. The topological polar surface area (TPSA) is 307 Å². The van der Waals surface area contributed by atoms with Crippen LogP contribution in [0.3, 0.4) is 0 Å². The Morgan fingerprint density at radius 2 is 1.30 bits per heavy atom. The van der Waals surface area contributed by atoms with Crippen LogP contribution in [0.4, 0.5) is 0 Å². The highest BCUT2D eigenvalue weighted by Crippen LogP contribution is 2.21. The first-order valence-corrected chi connectivity index (χ1v) is 14.9. The van der Waals surface area contributed by atoms with Crippen molar-refractivity contribution in [1.82, 2.24) is 31.1 Å². The van der Waals surface area contributed by atoms with Crippen molar-refractivity contribution in [1.29, 1.82) is 0 Å². The zero-order valence-corrected chi connectivity index (χ0v) is 25.6. The number of carboxylic acids is 1. The van der Waals surface area contributed by atoms with Gasteiger partial charge in [-0.1, -0.05) is 0 Å². The molecule has 2 fully saturated rings. The van der Waals surface area contributed by atoms with E-state index in [-0.39, 0.29) is 45.2 Å². The summed E-state index contributed by atoms with van der Waals surface area (Å²) in [6.45, 7) is 0.918. The molecule has 0 saturated carbocycles. The number of likely N-dealkylation sites (tertiary alicyclic amines) is 2. The molecule has 2 heterocycles. The zero-order valence-electron chi connectivity index (χ0n) is 25.6. The van der Waals surface area contributed by atoms with E-state index in [4.69, 9.17) is 17.2 Å². The summed E-state index contributed by atoms with van der Waals surface area (Å²) in [5, 5.41) is 18.7. The van der Waals surface area contributed by atoms with Gasteiger partial charge in [0.2, 0.25) is 47.3 Å². The maximum absolute atomic E-state index is 13.6. The summed E-state index contributed by atoms with van der Waals surface area (Å²) in [6.07, 6.45) is 0.703. The first-order valence-electron chi connectivity index (χ1n) is 14.9. The lowest BCUT2D eigenvalue weighted by Crippen LogP contribution is -2.58. The molecule has 19 nitrogen and oxygen atoms in total. The van der Waals surface area contributed by atoms with Crippen molar-refractivity contribution in [3.8, 4) is 0 Å². The third-order valence-corrected chi connectivity index (χ3v) is 7.67. The fourth-order valence-corrected chi connectivity index (χ4v) is 5.26. The molecule has 0 unspecified atom stereocenters. The predicted octanol–water partition coefficient (Wildman–Crippen LogP) is -4.87. The highest BCUT2D eigenvalue weighted by Gasteiger charge is 2.40. The lowest BCUT2D eigenvalue weighted by atomic mass is 10.1. The SMILES string of the molecule is C[C@H](NC(=O)[C@@H]1CCCN1C(=O)[C@H](CCC(N)=O)NC(=O)[C@@H]1CCCN1C(=O)CN)C(=O)NCC(=O)N[C@@H](CCC(N)=O)C(=O)O. The molecule has 0 aromatic carbocycles. The van der Waals surface area contributed by atoms with Gasteiger partial charge in [0.25, 0.3) is 0 Å². The van der Waals surface area contributed by atoms with Crippen molar-refractivity contribution in [2.24, 2.45) is 17.2 Å². The number of carbonyl (C=O) groups excluding carboxylic acids is 8. The highest BCUT2D eigenvalue weighted by atomic mass is 16.4.